The van der Waals surface area contributed by atoms with Crippen LogP contribution >= 0.6 is 15.9 Å². The Morgan fingerprint density at radius 3 is 2.67 bits per heavy atom. The van der Waals surface area contributed by atoms with Crippen LogP contribution in [0.15, 0.2) is 45.8 Å². The van der Waals surface area contributed by atoms with Crippen molar-refractivity contribution in [1.82, 2.24) is 13.9 Å². The SMILES string of the molecule is CCn1c(COc2ccc(F)cc2Br)nc2cc(S(=O)(=O)N3CCOCC3)ccc21. The summed E-state index contributed by atoms with van der Waals surface area (Å²) in [5.74, 6) is 0.801. The molecule has 0 bridgehead atoms. The van der Waals surface area contributed by atoms with E-state index in [0.29, 0.717) is 54.4 Å². The lowest BCUT2D eigenvalue weighted by Gasteiger charge is -2.26. The quantitative estimate of drug-likeness (QED) is 0.520. The highest BCUT2D eigenvalue weighted by Gasteiger charge is 2.27. The molecule has 0 amide bonds. The first-order chi connectivity index (χ1) is 14.4. The normalized spacial score (nSPS) is 15.6. The van der Waals surface area contributed by atoms with E-state index >= 15 is 0 Å². The van der Waals surface area contributed by atoms with Crippen molar-refractivity contribution in [2.75, 3.05) is 26.3 Å². The van der Waals surface area contributed by atoms with Gasteiger partial charge in [0, 0.05) is 19.6 Å². The predicted molar refractivity (Wildman–Crippen MR) is 113 cm³/mol. The van der Waals surface area contributed by atoms with Gasteiger partial charge in [0.1, 0.15) is 24.0 Å². The van der Waals surface area contributed by atoms with Crippen molar-refractivity contribution >= 4 is 37.0 Å². The smallest absolute Gasteiger partial charge is 0.243 e. The number of halogens is 2. The van der Waals surface area contributed by atoms with Gasteiger partial charge in [-0.2, -0.15) is 4.31 Å². The zero-order valence-corrected chi connectivity index (χ0v) is 18.7. The second-order valence-electron chi connectivity index (χ2n) is 6.80. The standard InChI is InChI=1S/C20H21BrFN3O4S/c1-2-25-18-5-4-15(30(26,27)24-7-9-28-10-8-24)12-17(18)23-20(25)13-29-19-6-3-14(22)11-16(19)21/h3-6,11-12H,2,7-10,13H2,1H3. The largest absolute Gasteiger partial charge is 0.484 e. The van der Waals surface area contributed by atoms with E-state index in [0.717, 1.165) is 5.52 Å². The minimum atomic E-state index is -3.60. The van der Waals surface area contributed by atoms with Gasteiger partial charge in [-0.3, -0.25) is 0 Å². The van der Waals surface area contributed by atoms with Crippen molar-refractivity contribution in [3.05, 3.63) is 52.5 Å². The highest BCUT2D eigenvalue weighted by Crippen LogP contribution is 2.28. The van der Waals surface area contributed by atoms with E-state index < -0.39 is 10.0 Å². The molecule has 2 heterocycles. The van der Waals surface area contributed by atoms with E-state index in [4.69, 9.17) is 9.47 Å². The zero-order chi connectivity index (χ0) is 21.3. The molecular weight excluding hydrogens is 477 g/mol. The van der Waals surface area contributed by atoms with Gasteiger partial charge in [-0.25, -0.2) is 17.8 Å². The van der Waals surface area contributed by atoms with E-state index in [-0.39, 0.29) is 17.3 Å². The minimum Gasteiger partial charge on any atom is -0.484 e. The summed E-state index contributed by atoms with van der Waals surface area (Å²) in [6.07, 6.45) is 0. The number of morpholine rings is 1. The summed E-state index contributed by atoms with van der Waals surface area (Å²) < 4.78 is 54.1. The Balaban J connectivity index is 1.63. The number of rotatable bonds is 6. The summed E-state index contributed by atoms with van der Waals surface area (Å²) in [5.41, 5.74) is 1.41. The number of hydrogen-bond acceptors (Lipinski definition) is 5. The number of nitrogens with zero attached hydrogens (tertiary/aromatic N) is 3. The van der Waals surface area contributed by atoms with E-state index in [1.54, 1.807) is 24.3 Å². The van der Waals surface area contributed by atoms with Gasteiger partial charge in [-0.15, -0.1) is 0 Å². The fraction of sp³-hybridized carbons (Fsp3) is 0.350. The average molecular weight is 498 g/mol. The highest BCUT2D eigenvalue weighted by atomic mass is 79.9. The average Bonchev–Trinajstić information content (AvgIpc) is 3.10. The Hall–Kier alpha value is -2.01. The van der Waals surface area contributed by atoms with Gasteiger partial charge in [0.2, 0.25) is 10.0 Å². The molecule has 30 heavy (non-hydrogen) atoms. The molecule has 0 N–H and O–H groups in total. The highest BCUT2D eigenvalue weighted by molar-refractivity contribution is 9.10. The van der Waals surface area contributed by atoms with Crippen LogP contribution in [0.3, 0.4) is 0 Å². The second-order valence-corrected chi connectivity index (χ2v) is 9.59. The van der Waals surface area contributed by atoms with Gasteiger partial charge >= 0.3 is 0 Å². The third kappa shape index (κ3) is 4.09. The second kappa shape index (κ2) is 8.62. The molecule has 3 aromatic rings. The molecule has 0 unspecified atom stereocenters. The summed E-state index contributed by atoms with van der Waals surface area (Å²) in [6.45, 7) is 4.27. The van der Waals surface area contributed by atoms with Crippen LogP contribution in [0, 0.1) is 5.82 Å². The van der Waals surface area contributed by atoms with E-state index in [1.165, 1.54) is 16.4 Å². The molecule has 2 aromatic carbocycles. The molecule has 0 spiro atoms. The molecule has 1 aliphatic rings. The van der Waals surface area contributed by atoms with E-state index in [2.05, 4.69) is 20.9 Å². The van der Waals surface area contributed by atoms with Crippen molar-refractivity contribution in [3.8, 4) is 5.75 Å². The van der Waals surface area contributed by atoms with Crippen LogP contribution in [0.2, 0.25) is 0 Å². The van der Waals surface area contributed by atoms with Crippen LogP contribution in [0.1, 0.15) is 12.7 Å². The topological polar surface area (TPSA) is 73.7 Å². The fourth-order valence-electron chi connectivity index (χ4n) is 3.45. The number of hydrogen-bond donors (Lipinski definition) is 0. The Morgan fingerprint density at radius 2 is 1.97 bits per heavy atom. The maximum atomic E-state index is 13.3. The summed E-state index contributed by atoms with van der Waals surface area (Å²) in [6, 6.07) is 9.19. The first kappa shape index (κ1) is 21.2. The predicted octanol–water partition coefficient (Wildman–Crippen LogP) is 3.56. The molecule has 1 fully saturated rings. The Bertz CT molecular complexity index is 1180. The first-order valence-electron chi connectivity index (χ1n) is 9.55. The van der Waals surface area contributed by atoms with Crippen LogP contribution in [0.5, 0.6) is 5.75 Å². The molecule has 160 valence electrons. The molecule has 0 aliphatic carbocycles. The number of fused-ring (bicyclic) bond motifs is 1. The number of aryl methyl sites for hydroxylation is 1. The lowest BCUT2D eigenvalue weighted by atomic mass is 10.3. The van der Waals surface area contributed by atoms with Gasteiger partial charge in [0.25, 0.3) is 0 Å². The molecule has 1 aromatic heterocycles. The Labute approximate surface area is 182 Å². The molecule has 0 atom stereocenters. The molecule has 10 heteroatoms. The van der Waals surface area contributed by atoms with Gasteiger partial charge in [0.15, 0.2) is 0 Å². The molecule has 7 nitrogen and oxygen atoms in total. The lowest BCUT2D eigenvalue weighted by Crippen LogP contribution is -2.40. The minimum absolute atomic E-state index is 0.165. The monoisotopic (exact) mass is 497 g/mol. The third-order valence-corrected chi connectivity index (χ3v) is 7.49. The van der Waals surface area contributed by atoms with Gasteiger partial charge in [-0.05, 0) is 59.3 Å². The maximum absolute atomic E-state index is 13.3. The van der Waals surface area contributed by atoms with Crippen LogP contribution in [0.4, 0.5) is 4.39 Å². The molecule has 0 saturated carbocycles. The fourth-order valence-corrected chi connectivity index (χ4v) is 5.35. The summed E-state index contributed by atoms with van der Waals surface area (Å²) >= 11 is 3.29. The lowest BCUT2D eigenvalue weighted by molar-refractivity contribution is 0.0730. The van der Waals surface area contributed by atoms with Crippen molar-refractivity contribution in [2.24, 2.45) is 0 Å². The summed E-state index contributed by atoms with van der Waals surface area (Å²) in [4.78, 5) is 4.82. The number of aromatic nitrogens is 2. The van der Waals surface area contributed by atoms with Crippen LogP contribution in [0.25, 0.3) is 11.0 Å². The molecule has 1 saturated heterocycles. The Morgan fingerprint density at radius 1 is 1.20 bits per heavy atom. The van der Waals surface area contributed by atoms with Crippen molar-refractivity contribution in [1.29, 1.82) is 0 Å². The Kier molecular flexibility index (Phi) is 6.10. The zero-order valence-electron chi connectivity index (χ0n) is 16.3. The third-order valence-electron chi connectivity index (χ3n) is 4.97. The van der Waals surface area contributed by atoms with Gasteiger partial charge in [-0.1, -0.05) is 0 Å². The molecule has 0 radical (unpaired) electrons. The van der Waals surface area contributed by atoms with Crippen LogP contribution < -0.4 is 4.74 Å². The molecule has 4 rings (SSSR count). The number of imidazole rings is 1. The van der Waals surface area contributed by atoms with Crippen molar-refractivity contribution in [2.45, 2.75) is 25.0 Å². The number of benzene rings is 2. The number of ether oxygens (including phenoxy) is 2. The molecule has 1 aliphatic heterocycles. The van der Waals surface area contributed by atoms with Crippen LogP contribution in [-0.4, -0.2) is 48.6 Å². The van der Waals surface area contributed by atoms with Crippen molar-refractivity contribution < 1.29 is 22.3 Å². The van der Waals surface area contributed by atoms with Crippen molar-refractivity contribution in [3.63, 3.8) is 0 Å². The van der Waals surface area contributed by atoms with Crippen LogP contribution in [-0.2, 0) is 27.9 Å². The van der Waals surface area contributed by atoms with E-state index in [9.17, 15) is 12.8 Å². The maximum Gasteiger partial charge on any atom is 0.243 e. The van der Waals surface area contributed by atoms with Gasteiger partial charge in [0.05, 0.1) is 33.6 Å². The summed E-state index contributed by atoms with van der Waals surface area (Å²) in [5, 5.41) is 0. The van der Waals surface area contributed by atoms with E-state index in [1.807, 2.05) is 11.5 Å². The first-order valence-corrected chi connectivity index (χ1v) is 11.8. The molecular formula is C20H21BrFN3O4S. The summed E-state index contributed by atoms with van der Waals surface area (Å²) in [7, 11) is -3.60. The number of sulfonamides is 1. The van der Waals surface area contributed by atoms with Gasteiger partial charge < -0.3 is 14.0 Å².